The zero-order chi connectivity index (χ0) is 11.1. The minimum Gasteiger partial charge on any atom is -0.371 e. The normalized spacial score (nSPS) is 20.2. The molecule has 0 heterocycles. The van der Waals surface area contributed by atoms with Crippen LogP contribution in [0.3, 0.4) is 0 Å². The Kier molecular flexibility index (Phi) is 5.33. The van der Waals surface area contributed by atoms with Crippen LogP contribution in [0.15, 0.2) is 24.3 Å². The molecule has 1 fully saturated rings. The fourth-order valence-electron chi connectivity index (χ4n) is 1.83. The third kappa shape index (κ3) is 4.43. The molecule has 0 spiro atoms. The molecule has 15 heavy (non-hydrogen) atoms. The SMILES string of the molecule is C=CC(C/C=C(\C)C=O)OC1CCCC1. The highest BCUT2D eigenvalue weighted by atomic mass is 16.5. The largest absolute Gasteiger partial charge is 0.371 e. The number of hydrogen-bond acceptors (Lipinski definition) is 2. The summed E-state index contributed by atoms with van der Waals surface area (Å²) in [4.78, 5) is 10.4. The Bertz CT molecular complexity index is 237. The van der Waals surface area contributed by atoms with Gasteiger partial charge in [0.25, 0.3) is 0 Å². The van der Waals surface area contributed by atoms with Crippen molar-refractivity contribution >= 4 is 6.29 Å². The van der Waals surface area contributed by atoms with Gasteiger partial charge in [0.05, 0.1) is 12.2 Å². The molecule has 0 amide bonds. The van der Waals surface area contributed by atoms with Gasteiger partial charge in [0, 0.05) is 0 Å². The lowest BCUT2D eigenvalue weighted by Crippen LogP contribution is -2.17. The second-order valence-corrected chi connectivity index (χ2v) is 4.12. The van der Waals surface area contributed by atoms with Crippen LogP contribution in [0.5, 0.6) is 0 Å². The van der Waals surface area contributed by atoms with Gasteiger partial charge in [0.15, 0.2) is 0 Å². The summed E-state index contributed by atoms with van der Waals surface area (Å²) in [6.45, 7) is 5.57. The molecule has 2 heteroatoms. The summed E-state index contributed by atoms with van der Waals surface area (Å²) in [6.07, 6.45) is 10.7. The van der Waals surface area contributed by atoms with Gasteiger partial charge in [0.2, 0.25) is 0 Å². The van der Waals surface area contributed by atoms with Crippen LogP contribution in [-0.2, 0) is 9.53 Å². The number of carbonyl (C=O) groups excluding carboxylic acids is 1. The van der Waals surface area contributed by atoms with E-state index in [-0.39, 0.29) is 6.10 Å². The van der Waals surface area contributed by atoms with Crippen LogP contribution in [0, 0.1) is 0 Å². The Morgan fingerprint density at radius 2 is 2.20 bits per heavy atom. The van der Waals surface area contributed by atoms with Crippen LogP contribution in [-0.4, -0.2) is 18.5 Å². The second-order valence-electron chi connectivity index (χ2n) is 4.12. The van der Waals surface area contributed by atoms with Gasteiger partial charge in [-0.15, -0.1) is 6.58 Å². The fraction of sp³-hybridized carbons (Fsp3) is 0.615. The lowest BCUT2D eigenvalue weighted by molar-refractivity contribution is -0.104. The maximum atomic E-state index is 10.4. The average Bonchev–Trinajstić information content (AvgIpc) is 2.76. The van der Waals surface area contributed by atoms with E-state index in [1.165, 1.54) is 25.7 Å². The lowest BCUT2D eigenvalue weighted by Gasteiger charge is -2.17. The first-order valence-electron chi connectivity index (χ1n) is 5.66. The van der Waals surface area contributed by atoms with E-state index in [0.717, 1.165) is 18.3 Å². The molecular formula is C13H20O2. The molecule has 84 valence electrons. The van der Waals surface area contributed by atoms with Gasteiger partial charge in [0.1, 0.15) is 6.29 Å². The highest BCUT2D eigenvalue weighted by Crippen LogP contribution is 2.23. The number of ether oxygens (including phenoxy) is 1. The van der Waals surface area contributed by atoms with Gasteiger partial charge in [-0.25, -0.2) is 0 Å². The van der Waals surface area contributed by atoms with E-state index in [2.05, 4.69) is 6.58 Å². The van der Waals surface area contributed by atoms with Crippen molar-refractivity contribution in [2.24, 2.45) is 0 Å². The van der Waals surface area contributed by atoms with Crippen LogP contribution in [0.1, 0.15) is 39.0 Å². The molecule has 2 nitrogen and oxygen atoms in total. The van der Waals surface area contributed by atoms with E-state index in [4.69, 9.17) is 4.74 Å². The van der Waals surface area contributed by atoms with Gasteiger partial charge in [-0.1, -0.05) is 25.0 Å². The molecule has 0 aliphatic heterocycles. The maximum Gasteiger partial charge on any atom is 0.145 e. The molecule has 1 aliphatic rings. The Hall–Kier alpha value is -0.890. The van der Waals surface area contributed by atoms with Gasteiger partial charge < -0.3 is 4.74 Å². The van der Waals surface area contributed by atoms with Gasteiger partial charge in [-0.05, 0) is 31.8 Å². The van der Waals surface area contributed by atoms with Crippen molar-refractivity contribution in [3.63, 3.8) is 0 Å². The molecule has 0 radical (unpaired) electrons. The van der Waals surface area contributed by atoms with Crippen molar-refractivity contribution < 1.29 is 9.53 Å². The summed E-state index contributed by atoms with van der Waals surface area (Å²) in [7, 11) is 0. The molecule has 1 aliphatic carbocycles. The number of allylic oxidation sites excluding steroid dienone is 1. The van der Waals surface area contributed by atoms with Gasteiger partial charge >= 0.3 is 0 Å². The van der Waals surface area contributed by atoms with Crippen LogP contribution in [0.25, 0.3) is 0 Å². The maximum absolute atomic E-state index is 10.4. The van der Waals surface area contributed by atoms with Crippen molar-refractivity contribution in [3.05, 3.63) is 24.3 Å². The van der Waals surface area contributed by atoms with E-state index in [0.29, 0.717) is 6.10 Å². The highest BCUT2D eigenvalue weighted by Gasteiger charge is 2.18. The van der Waals surface area contributed by atoms with Crippen molar-refractivity contribution in [3.8, 4) is 0 Å². The predicted molar refractivity (Wildman–Crippen MR) is 61.8 cm³/mol. The number of aldehydes is 1. The molecule has 0 saturated heterocycles. The smallest absolute Gasteiger partial charge is 0.145 e. The molecule has 0 aromatic carbocycles. The van der Waals surface area contributed by atoms with Crippen LogP contribution >= 0.6 is 0 Å². The Morgan fingerprint density at radius 3 is 2.73 bits per heavy atom. The fourth-order valence-corrected chi connectivity index (χ4v) is 1.83. The zero-order valence-corrected chi connectivity index (χ0v) is 9.45. The standard InChI is InChI=1S/C13H20O2/c1-3-12(9-8-11(2)10-14)15-13-6-4-5-7-13/h3,8,10,12-13H,1,4-7,9H2,2H3/b11-8+. The summed E-state index contributed by atoms with van der Waals surface area (Å²) in [6, 6.07) is 0. The van der Waals surface area contributed by atoms with Gasteiger partial charge in [-0.3, -0.25) is 4.79 Å². The van der Waals surface area contributed by atoms with E-state index in [1.807, 2.05) is 19.1 Å². The average molecular weight is 208 g/mol. The molecule has 1 saturated carbocycles. The summed E-state index contributed by atoms with van der Waals surface area (Å²) in [5, 5.41) is 0. The topological polar surface area (TPSA) is 26.3 Å². The summed E-state index contributed by atoms with van der Waals surface area (Å²) in [5.41, 5.74) is 0.761. The third-order valence-corrected chi connectivity index (χ3v) is 2.79. The first kappa shape index (κ1) is 12.2. The molecule has 1 unspecified atom stereocenters. The Morgan fingerprint density at radius 1 is 1.53 bits per heavy atom. The highest BCUT2D eigenvalue weighted by molar-refractivity contribution is 5.71. The zero-order valence-electron chi connectivity index (χ0n) is 9.45. The molecule has 0 bridgehead atoms. The minimum atomic E-state index is 0.0583. The van der Waals surface area contributed by atoms with Crippen molar-refractivity contribution in [1.82, 2.24) is 0 Å². The third-order valence-electron chi connectivity index (χ3n) is 2.79. The van der Waals surface area contributed by atoms with Crippen LogP contribution < -0.4 is 0 Å². The van der Waals surface area contributed by atoms with Crippen molar-refractivity contribution in [2.45, 2.75) is 51.2 Å². The first-order chi connectivity index (χ1) is 7.26. The molecular weight excluding hydrogens is 188 g/mol. The number of rotatable bonds is 6. The van der Waals surface area contributed by atoms with Gasteiger partial charge in [-0.2, -0.15) is 0 Å². The molecule has 0 N–H and O–H groups in total. The number of hydrogen-bond donors (Lipinski definition) is 0. The van der Waals surface area contributed by atoms with Crippen LogP contribution in [0.4, 0.5) is 0 Å². The summed E-state index contributed by atoms with van der Waals surface area (Å²) >= 11 is 0. The van der Waals surface area contributed by atoms with Crippen molar-refractivity contribution in [2.75, 3.05) is 0 Å². The van der Waals surface area contributed by atoms with Crippen molar-refractivity contribution in [1.29, 1.82) is 0 Å². The Balaban J connectivity index is 2.34. The van der Waals surface area contributed by atoms with E-state index < -0.39 is 0 Å². The quantitative estimate of drug-likeness (QED) is 0.381. The molecule has 1 rings (SSSR count). The molecule has 0 aromatic rings. The number of carbonyl (C=O) groups is 1. The molecule has 0 aromatic heterocycles. The van der Waals surface area contributed by atoms with Crippen LogP contribution in [0.2, 0.25) is 0 Å². The first-order valence-corrected chi connectivity index (χ1v) is 5.66. The Labute approximate surface area is 92.0 Å². The summed E-state index contributed by atoms with van der Waals surface area (Å²) < 4.78 is 5.88. The minimum absolute atomic E-state index is 0.0583. The summed E-state index contributed by atoms with van der Waals surface area (Å²) in [5.74, 6) is 0. The predicted octanol–water partition coefficient (Wildman–Crippen LogP) is 3.04. The lowest BCUT2D eigenvalue weighted by atomic mass is 10.2. The molecule has 1 atom stereocenters. The van der Waals surface area contributed by atoms with E-state index in [1.54, 1.807) is 0 Å². The monoisotopic (exact) mass is 208 g/mol. The van der Waals surface area contributed by atoms with E-state index in [9.17, 15) is 4.79 Å². The van der Waals surface area contributed by atoms with E-state index >= 15 is 0 Å². The second kappa shape index (κ2) is 6.57.